The van der Waals surface area contributed by atoms with Gasteiger partial charge in [0.05, 0.1) is 11.9 Å². The Morgan fingerprint density at radius 1 is 1.17 bits per heavy atom. The molecule has 9 heteroatoms. The molecule has 4 rings (SSSR count). The molecule has 9 nitrogen and oxygen atoms in total. The van der Waals surface area contributed by atoms with Crippen LogP contribution in [0.25, 0.3) is 11.0 Å². The van der Waals surface area contributed by atoms with Gasteiger partial charge >= 0.3 is 0 Å². The van der Waals surface area contributed by atoms with Crippen molar-refractivity contribution in [2.75, 3.05) is 18.0 Å². The van der Waals surface area contributed by atoms with Crippen molar-refractivity contribution in [3.8, 4) is 0 Å². The Bertz CT molecular complexity index is 1140. The first-order valence-electron chi connectivity index (χ1n) is 9.98. The van der Waals surface area contributed by atoms with Gasteiger partial charge in [0.15, 0.2) is 5.65 Å². The Balaban J connectivity index is 1.47. The largest absolute Gasteiger partial charge is 0.342 e. The Hall–Kier alpha value is -2.97. The number of anilines is 1. The molecule has 154 valence electrons. The van der Waals surface area contributed by atoms with Crippen molar-refractivity contribution in [1.29, 1.82) is 0 Å². The van der Waals surface area contributed by atoms with Crippen molar-refractivity contribution < 1.29 is 0 Å². The molecule has 0 bridgehead atoms. The summed E-state index contributed by atoms with van der Waals surface area (Å²) < 4.78 is 3.21. The molecule has 3 aromatic rings. The van der Waals surface area contributed by atoms with Crippen LogP contribution in [-0.2, 0) is 19.0 Å². The predicted octanol–water partition coefficient (Wildman–Crippen LogP) is 1.43. The van der Waals surface area contributed by atoms with Gasteiger partial charge < -0.3 is 4.90 Å². The van der Waals surface area contributed by atoms with Gasteiger partial charge in [-0.2, -0.15) is 15.2 Å². The van der Waals surface area contributed by atoms with Crippen molar-refractivity contribution >= 4 is 17.0 Å². The van der Waals surface area contributed by atoms with Crippen LogP contribution >= 0.6 is 0 Å². The molecular weight excluding hydrogens is 370 g/mol. The van der Waals surface area contributed by atoms with E-state index in [0.29, 0.717) is 29.4 Å². The predicted molar refractivity (Wildman–Crippen MR) is 111 cm³/mol. The van der Waals surface area contributed by atoms with Gasteiger partial charge in [0, 0.05) is 38.2 Å². The normalized spacial score (nSPS) is 15.9. The lowest BCUT2D eigenvalue weighted by molar-refractivity contribution is 0.328. The van der Waals surface area contributed by atoms with Gasteiger partial charge in [0.2, 0.25) is 5.95 Å². The third-order valence-electron chi connectivity index (χ3n) is 5.57. The summed E-state index contributed by atoms with van der Waals surface area (Å²) in [5, 5.41) is 9.19. The van der Waals surface area contributed by atoms with Crippen LogP contribution in [0.5, 0.6) is 0 Å². The van der Waals surface area contributed by atoms with Crippen LogP contribution in [0.3, 0.4) is 0 Å². The summed E-state index contributed by atoms with van der Waals surface area (Å²) in [6.45, 7) is 8.43. The van der Waals surface area contributed by atoms with E-state index in [0.717, 1.165) is 31.6 Å². The molecule has 0 unspecified atom stereocenters. The second-order valence-electron chi connectivity index (χ2n) is 8.81. The SMILES string of the molecule is Cn1ncc2c(=O)[nH]c(N3CCC(Cn4nc(C(C)(C)C)ccc4=O)CC3)nc21. The monoisotopic (exact) mass is 397 g/mol. The molecule has 0 radical (unpaired) electrons. The van der Waals surface area contributed by atoms with E-state index in [1.807, 2.05) is 6.07 Å². The first-order chi connectivity index (χ1) is 13.7. The van der Waals surface area contributed by atoms with E-state index in [4.69, 9.17) is 0 Å². The first-order valence-corrected chi connectivity index (χ1v) is 9.98. The molecule has 1 aliphatic heterocycles. The number of aromatic amines is 1. The number of fused-ring (bicyclic) bond motifs is 1. The van der Waals surface area contributed by atoms with E-state index >= 15 is 0 Å². The standard InChI is InChI=1S/C20H27N7O2/c1-20(2,3)15-5-6-16(28)27(24-15)12-13-7-9-26(10-8-13)19-22-17-14(18(29)23-19)11-21-25(17)4/h5-6,11,13H,7-10,12H2,1-4H3,(H,22,23,29). The highest BCUT2D eigenvalue weighted by atomic mass is 16.1. The summed E-state index contributed by atoms with van der Waals surface area (Å²) in [5.74, 6) is 0.938. The molecule has 0 atom stereocenters. The van der Waals surface area contributed by atoms with E-state index in [-0.39, 0.29) is 16.5 Å². The van der Waals surface area contributed by atoms with Crippen LogP contribution in [0.4, 0.5) is 5.95 Å². The van der Waals surface area contributed by atoms with Gasteiger partial charge in [0.1, 0.15) is 5.39 Å². The number of nitrogens with zero attached hydrogens (tertiary/aromatic N) is 6. The van der Waals surface area contributed by atoms with E-state index in [1.54, 1.807) is 22.5 Å². The molecule has 1 fully saturated rings. The average Bonchev–Trinajstić information content (AvgIpc) is 3.05. The smallest absolute Gasteiger partial charge is 0.266 e. The lowest BCUT2D eigenvalue weighted by Gasteiger charge is -2.32. The number of nitrogens with one attached hydrogen (secondary N) is 1. The molecule has 1 N–H and O–H groups in total. The second-order valence-corrected chi connectivity index (χ2v) is 8.81. The van der Waals surface area contributed by atoms with E-state index < -0.39 is 0 Å². The zero-order valence-electron chi connectivity index (χ0n) is 17.3. The van der Waals surface area contributed by atoms with E-state index in [1.165, 1.54) is 6.20 Å². The maximum absolute atomic E-state index is 12.3. The second kappa shape index (κ2) is 7.13. The van der Waals surface area contributed by atoms with Crippen molar-refractivity contribution in [2.24, 2.45) is 13.0 Å². The topological polar surface area (TPSA) is 102 Å². The Morgan fingerprint density at radius 3 is 2.59 bits per heavy atom. The molecule has 0 spiro atoms. The number of aromatic nitrogens is 6. The first kappa shape index (κ1) is 19.4. The molecular formula is C20H27N7O2. The molecule has 1 saturated heterocycles. The van der Waals surface area contributed by atoms with Crippen LogP contribution in [0.15, 0.2) is 27.9 Å². The molecule has 4 heterocycles. The summed E-state index contributed by atoms with van der Waals surface area (Å²) >= 11 is 0. The number of hydrogen-bond acceptors (Lipinski definition) is 6. The van der Waals surface area contributed by atoms with Crippen molar-refractivity contribution in [1.82, 2.24) is 29.5 Å². The van der Waals surface area contributed by atoms with Crippen LogP contribution in [-0.4, -0.2) is 42.6 Å². The van der Waals surface area contributed by atoms with E-state index in [2.05, 4.69) is 45.8 Å². The number of rotatable bonds is 3. The average molecular weight is 397 g/mol. The zero-order chi connectivity index (χ0) is 20.8. The highest BCUT2D eigenvalue weighted by Gasteiger charge is 2.24. The van der Waals surface area contributed by atoms with Crippen molar-refractivity contribution in [3.63, 3.8) is 0 Å². The fourth-order valence-electron chi connectivity index (χ4n) is 3.72. The van der Waals surface area contributed by atoms with Gasteiger partial charge in [-0.3, -0.25) is 19.3 Å². The van der Waals surface area contributed by atoms with Crippen LogP contribution in [0.1, 0.15) is 39.3 Å². The minimum absolute atomic E-state index is 0.0620. The fraction of sp³-hybridized carbons (Fsp3) is 0.550. The highest BCUT2D eigenvalue weighted by molar-refractivity contribution is 5.74. The maximum atomic E-state index is 12.3. The van der Waals surface area contributed by atoms with Crippen molar-refractivity contribution in [2.45, 2.75) is 45.6 Å². The Kier molecular flexibility index (Phi) is 4.76. The van der Waals surface area contributed by atoms with Crippen LogP contribution in [0, 0.1) is 5.92 Å². The minimum Gasteiger partial charge on any atom is -0.342 e. The molecule has 3 aromatic heterocycles. The molecule has 29 heavy (non-hydrogen) atoms. The lowest BCUT2D eigenvalue weighted by Crippen LogP contribution is -2.38. The number of hydrogen-bond donors (Lipinski definition) is 1. The molecule has 0 aliphatic carbocycles. The quantitative estimate of drug-likeness (QED) is 0.717. The molecule has 0 amide bonds. The van der Waals surface area contributed by atoms with Gasteiger partial charge in [-0.1, -0.05) is 20.8 Å². The van der Waals surface area contributed by atoms with Crippen LogP contribution < -0.4 is 16.0 Å². The summed E-state index contributed by atoms with van der Waals surface area (Å²) in [7, 11) is 1.78. The summed E-state index contributed by atoms with van der Waals surface area (Å²) in [6, 6.07) is 3.43. The molecule has 0 aromatic carbocycles. The highest BCUT2D eigenvalue weighted by Crippen LogP contribution is 2.23. The number of piperidine rings is 1. The summed E-state index contributed by atoms with van der Waals surface area (Å²) in [4.78, 5) is 34.1. The maximum Gasteiger partial charge on any atom is 0.266 e. The molecule has 0 saturated carbocycles. The van der Waals surface area contributed by atoms with Gasteiger partial charge in [-0.25, -0.2) is 4.68 Å². The Labute approximate surface area is 168 Å². The minimum atomic E-state index is -0.171. The van der Waals surface area contributed by atoms with Crippen molar-refractivity contribution in [3.05, 3.63) is 44.7 Å². The number of aryl methyl sites for hydroxylation is 1. The third kappa shape index (κ3) is 3.81. The van der Waals surface area contributed by atoms with Crippen LogP contribution in [0.2, 0.25) is 0 Å². The lowest BCUT2D eigenvalue weighted by atomic mass is 9.92. The summed E-state index contributed by atoms with van der Waals surface area (Å²) in [5.41, 5.74) is 1.17. The Morgan fingerprint density at radius 2 is 1.90 bits per heavy atom. The zero-order valence-corrected chi connectivity index (χ0v) is 17.3. The molecule has 1 aliphatic rings. The number of H-pyrrole nitrogens is 1. The fourth-order valence-corrected chi connectivity index (χ4v) is 3.72. The van der Waals surface area contributed by atoms with Gasteiger partial charge in [-0.15, -0.1) is 0 Å². The van der Waals surface area contributed by atoms with Gasteiger partial charge in [-0.05, 0) is 24.8 Å². The summed E-state index contributed by atoms with van der Waals surface area (Å²) in [6.07, 6.45) is 3.34. The third-order valence-corrected chi connectivity index (χ3v) is 5.57. The van der Waals surface area contributed by atoms with E-state index in [9.17, 15) is 9.59 Å². The van der Waals surface area contributed by atoms with Gasteiger partial charge in [0.25, 0.3) is 11.1 Å².